The summed E-state index contributed by atoms with van der Waals surface area (Å²) in [6.07, 6.45) is 1.38. The molecule has 0 aliphatic carbocycles. The number of halogens is 1. The van der Waals surface area contributed by atoms with Crippen molar-refractivity contribution < 1.29 is 13.9 Å². The lowest BCUT2D eigenvalue weighted by Crippen LogP contribution is -2.12. The van der Waals surface area contributed by atoms with Crippen molar-refractivity contribution in [1.29, 1.82) is 0 Å². The van der Waals surface area contributed by atoms with Gasteiger partial charge in [-0.1, -0.05) is 11.6 Å². The molecule has 0 bridgehead atoms. The third-order valence-corrected chi connectivity index (χ3v) is 3.30. The number of pyridine rings is 1. The second-order valence-corrected chi connectivity index (χ2v) is 5.03. The lowest BCUT2D eigenvalue weighted by Gasteiger charge is -2.07. The van der Waals surface area contributed by atoms with Gasteiger partial charge in [0.25, 0.3) is 5.91 Å². The van der Waals surface area contributed by atoms with Gasteiger partial charge >= 0.3 is 5.76 Å². The molecule has 0 radical (unpaired) electrons. The van der Waals surface area contributed by atoms with Crippen molar-refractivity contribution in [3.05, 3.63) is 51.6 Å². The highest BCUT2D eigenvalue weighted by Crippen LogP contribution is 2.23. The Labute approximate surface area is 135 Å². The molecule has 0 aliphatic rings. The summed E-state index contributed by atoms with van der Waals surface area (Å²) in [5.41, 5.74) is 1.71. The normalized spacial score (nSPS) is 10.7. The van der Waals surface area contributed by atoms with Crippen LogP contribution in [0.3, 0.4) is 0 Å². The third-order valence-electron chi connectivity index (χ3n) is 3.03. The number of anilines is 1. The number of fused-ring (bicyclic) bond motifs is 1. The predicted molar refractivity (Wildman–Crippen MR) is 85.2 cm³/mol. The van der Waals surface area contributed by atoms with Crippen LogP contribution < -0.4 is 15.8 Å². The molecule has 0 saturated carbocycles. The van der Waals surface area contributed by atoms with Gasteiger partial charge in [0.2, 0.25) is 5.88 Å². The minimum absolute atomic E-state index is 0.258. The Morgan fingerprint density at radius 3 is 3.00 bits per heavy atom. The average Bonchev–Trinajstić information content (AvgIpc) is 2.88. The molecule has 0 spiro atoms. The van der Waals surface area contributed by atoms with Crippen LogP contribution in [0.4, 0.5) is 5.69 Å². The number of rotatable bonds is 4. The lowest BCUT2D eigenvalue weighted by atomic mass is 10.2. The lowest BCUT2D eigenvalue weighted by molar-refractivity contribution is 0.102. The zero-order chi connectivity index (χ0) is 16.4. The number of nitrogens with one attached hydrogen (secondary N) is 2. The summed E-state index contributed by atoms with van der Waals surface area (Å²) in [6.45, 7) is 2.25. The van der Waals surface area contributed by atoms with Crippen LogP contribution >= 0.6 is 11.6 Å². The Hall–Kier alpha value is -2.80. The summed E-state index contributed by atoms with van der Waals surface area (Å²) in [4.78, 5) is 29.9. The molecule has 8 heteroatoms. The number of hydrogen-bond acceptors (Lipinski definition) is 5. The molecule has 3 rings (SSSR count). The molecule has 2 aromatic heterocycles. The Morgan fingerprint density at radius 2 is 2.26 bits per heavy atom. The number of amides is 1. The van der Waals surface area contributed by atoms with E-state index >= 15 is 0 Å². The highest BCUT2D eigenvalue weighted by Gasteiger charge is 2.12. The second-order valence-electron chi connectivity index (χ2n) is 4.62. The zero-order valence-electron chi connectivity index (χ0n) is 12.1. The van der Waals surface area contributed by atoms with Crippen molar-refractivity contribution in [2.75, 3.05) is 11.9 Å². The topological polar surface area (TPSA) is 97.2 Å². The number of nitrogens with zero attached hydrogens (tertiary/aromatic N) is 1. The van der Waals surface area contributed by atoms with Gasteiger partial charge in [0, 0.05) is 11.9 Å². The van der Waals surface area contributed by atoms with Crippen LogP contribution in [0.5, 0.6) is 5.88 Å². The summed E-state index contributed by atoms with van der Waals surface area (Å²) in [5, 5.41) is 2.95. The Balaban J connectivity index is 1.82. The van der Waals surface area contributed by atoms with E-state index in [1.807, 2.05) is 6.92 Å². The fourth-order valence-electron chi connectivity index (χ4n) is 2.03. The predicted octanol–water partition coefficient (Wildman–Crippen LogP) is 2.82. The minimum Gasteiger partial charge on any atom is -0.477 e. The van der Waals surface area contributed by atoms with Crippen molar-refractivity contribution in [1.82, 2.24) is 9.97 Å². The SMILES string of the molecule is CCOc1ncc(C(=O)Nc2ccc3oc(=O)[nH]c3c2)cc1Cl. The van der Waals surface area contributed by atoms with E-state index in [0.29, 0.717) is 29.0 Å². The molecule has 0 atom stereocenters. The maximum absolute atomic E-state index is 12.2. The average molecular weight is 334 g/mol. The van der Waals surface area contributed by atoms with Crippen molar-refractivity contribution in [3.63, 3.8) is 0 Å². The molecule has 0 aliphatic heterocycles. The molecular weight excluding hydrogens is 322 g/mol. The standard InChI is InChI=1S/C15H12ClN3O4/c1-2-22-14-10(16)5-8(7-17-14)13(20)18-9-3-4-12-11(6-9)19-15(21)23-12/h3-7H,2H2,1H3,(H,18,20)(H,19,21). The number of H-pyrrole nitrogens is 1. The number of carbonyl (C=O) groups excluding carboxylic acids is 1. The molecule has 23 heavy (non-hydrogen) atoms. The van der Waals surface area contributed by atoms with E-state index in [2.05, 4.69) is 15.3 Å². The quantitative estimate of drug-likeness (QED) is 0.765. The zero-order valence-corrected chi connectivity index (χ0v) is 12.8. The van der Waals surface area contributed by atoms with Gasteiger partial charge in [0.1, 0.15) is 5.02 Å². The maximum atomic E-state index is 12.2. The largest absolute Gasteiger partial charge is 0.477 e. The monoisotopic (exact) mass is 333 g/mol. The molecule has 3 aromatic rings. The van der Waals surface area contributed by atoms with E-state index in [1.165, 1.54) is 12.3 Å². The van der Waals surface area contributed by atoms with Crippen LogP contribution in [-0.4, -0.2) is 22.5 Å². The number of oxazole rings is 1. The van der Waals surface area contributed by atoms with E-state index in [0.717, 1.165) is 0 Å². The van der Waals surface area contributed by atoms with Gasteiger partial charge in [-0.2, -0.15) is 0 Å². The van der Waals surface area contributed by atoms with Crippen LogP contribution in [0.25, 0.3) is 11.1 Å². The molecule has 2 heterocycles. The number of aromatic amines is 1. The number of benzene rings is 1. The van der Waals surface area contributed by atoms with Gasteiger partial charge in [0.05, 0.1) is 17.7 Å². The van der Waals surface area contributed by atoms with E-state index in [-0.39, 0.29) is 16.8 Å². The Morgan fingerprint density at radius 1 is 1.43 bits per heavy atom. The van der Waals surface area contributed by atoms with Gasteiger partial charge in [-0.3, -0.25) is 9.78 Å². The molecule has 1 amide bonds. The van der Waals surface area contributed by atoms with Crippen LogP contribution in [0.2, 0.25) is 5.02 Å². The molecule has 2 N–H and O–H groups in total. The molecule has 118 valence electrons. The van der Waals surface area contributed by atoms with Crippen LogP contribution in [0, 0.1) is 0 Å². The molecule has 0 saturated heterocycles. The summed E-state index contributed by atoms with van der Waals surface area (Å²) >= 11 is 6.02. The highest BCUT2D eigenvalue weighted by molar-refractivity contribution is 6.32. The van der Waals surface area contributed by atoms with Crippen LogP contribution in [0.15, 0.2) is 39.7 Å². The second kappa shape index (κ2) is 6.13. The van der Waals surface area contributed by atoms with E-state index in [4.69, 9.17) is 20.8 Å². The van der Waals surface area contributed by atoms with Gasteiger partial charge in [0.15, 0.2) is 5.58 Å². The number of hydrogen-bond donors (Lipinski definition) is 2. The first-order valence-electron chi connectivity index (χ1n) is 6.79. The summed E-state index contributed by atoms with van der Waals surface area (Å²) < 4.78 is 10.1. The van der Waals surface area contributed by atoms with E-state index in [9.17, 15) is 9.59 Å². The maximum Gasteiger partial charge on any atom is 0.417 e. The summed E-state index contributed by atoms with van der Waals surface area (Å²) in [7, 11) is 0. The highest BCUT2D eigenvalue weighted by atomic mass is 35.5. The molecule has 0 fully saturated rings. The fourth-order valence-corrected chi connectivity index (χ4v) is 2.25. The molecule has 0 unspecified atom stereocenters. The number of ether oxygens (including phenoxy) is 1. The minimum atomic E-state index is -0.550. The smallest absolute Gasteiger partial charge is 0.417 e. The first-order chi connectivity index (χ1) is 11.1. The van der Waals surface area contributed by atoms with Gasteiger partial charge < -0.3 is 14.5 Å². The number of carbonyl (C=O) groups is 1. The van der Waals surface area contributed by atoms with Gasteiger partial charge in [-0.15, -0.1) is 0 Å². The van der Waals surface area contributed by atoms with Gasteiger partial charge in [-0.25, -0.2) is 9.78 Å². The van der Waals surface area contributed by atoms with Crippen molar-refractivity contribution in [2.45, 2.75) is 6.92 Å². The summed E-state index contributed by atoms with van der Waals surface area (Å²) in [6, 6.07) is 6.29. The summed E-state index contributed by atoms with van der Waals surface area (Å²) in [5.74, 6) is -0.651. The van der Waals surface area contributed by atoms with Crippen LogP contribution in [0.1, 0.15) is 17.3 Å². The number of aromatic nitrogens is 2. The first-order valence-corrected chi connectivity index (χ1v) is 7.17. The Kier molecular flexibility index (Phi) is 4.03. The molecule has 1 aromatic carbocycles. The fraction of sp³-hybridized carbons (Fsp3) is 0.133. The van der Waals surface area contributed by atoms with Crippen molar-refractivity contribution >= 4 is 34.3 Å². The molecule has 7 nitrogen and oxygen atoms in total. The van der Waals surface area contributed by atoms with Crippen molar-refractivity contribution in [2.24, 2.45) is 0 Å². The van der Waals surface area contributed by atoms with Gasteiger partial charge in [-0.05, 0) is 31.2 Å². The first kappa shape index (κ1) is 15.1. The van der Waals surface area contributed by atoms with Crippen molar-refractivity contribution in [3.8, 4) is 5.88 Å². The van der Waals surface area contributed by atoms with Crippen LogP contribution in [-0.2, 0) is 0 Å². The van der Waals surface area contributed by atoms with E-state index in [1.54, 1.807) is 18.2 Å². The third kappa shape index (κ3) is 3.19. The molecular formula is C15H12ClN3O4. The van der Waals surface area contributed by atoms with E-state index < -0.39 is 5.76 Å². The Bertz CT molecular complexity index is 932.